The number of carbonyl (C=O) groups excluding carboxylic acids is 1. The average molecular weight is 453 g/mol. The summed E-state index contributed by atoms with van der Waals surface area (Å²) < 4.78 is 7.06. The predicted octanol–water partition coefficient (Wildman–Crippen LogP) is 5.07. The first-order valence-corrected chi connectivity index (χ1v) is 10.5. The molecular formula is C24H25BrN2O2. The molecule has 0 atom stereocenters. The topological polar surface area (TPSA) is 50.4 Å². The van der Waals surface area contributed by atoms with Gasteiger partial charge in [-0.15, -0.1) is 0 Å². The quantitative estimate of drug-likeness (QED) is 0.476. The van der Waals surface area contributed by atoms with Crippen molar-refractivity contribution in [3.05, 3.63) is 99.5 Å². The summed E-state index contributed by atoms with van der Waals surface area (Å²) in [6.45, 7) is 4.39. The van der Waals surface area contributed by atoms with Crippen molar-refractivity contribution in [2.24, 2.45) is 0 Å². The van der Waals surface area contributed by atoms with E-state index >= 15 is 0 Å². The Hall–Kier alpha value is -2.63. The fourth-order valence-corrected chi connectivity index (χ4v) is 3.40. The van der Waals surface area contributed by atoms with E-state index in [0.717, 1.165) is 26.9 Å². The van der Waals surface area contributed by atoms with Crippen molar-refractivity contribution in [3.8, 4) is 5.75 Å². The smallest absolute Gasteiger partial charge is 0.251 e. The lowest BCUT2D eigenvalue weighted by Gasteiger charge is -2.13. The second-order valence-electron chi connectivity index (χ2n) is 6.69. The van der Waals surface area contributed by atoms with Crippen LogP contribution < -0.4 is 15.4 Å². The van der Waals surface area contributed by atoms with Crippen LogP contribution in [0.3, 0.4) is 0 Å². The Bertz CT molecular complexity index is 945. The highest BCUT2D eigenvalue weighted by Crippen LogP contribution is 2.24. The molecule has 3 aromatic rings. The number of hydrogen-bond donors (Lipinski definition) is 2. The van der Waals surface area contributed by atoms with Crippen LogP contribution in [0.2, 0.25) is 0 Å². The van der Waals surface area contributed by atoms with E-state index in [0.29, 0.717) is 31.8 Å². The molecule has 0 saturated carbocycles. The molecule has 3 rings (SSSR count). The van der Waals surface area contributed by atoms with E-state index in [9.17, 15) is 4.79 Å². The zero-order chi connectivity index (χ0) is 20.5. The molecule has 0 fully saturated rings. The minimum Gasteiger partial charge on any atom is -0.489 e. The van der Waals surface area contributed by atoms with Gasteiger partial charge in [0.1, 0.15) is 12.4 Å². The SMILES string of the molecule is CCNC(=O)c1cccc(CNCc2cc(Br)ccc2OCc2ccccc2)c1. The molecule has 0 unspecified atom stereocenters. The summed E-state index contributed by atoms with van der Waals surface area (Å²) in [4.78, 5) is 12.0. The first-order chi connectivity index (χ1) is 14.2. The van der Waals surface area contributed by atoms with Gasteiger partial charge in [0.25, 0.3) is 5.91 Å². The molecule has 0 aromatic heterocycles. The van der Waals surface area contributed by atoms with Gasteiger partial charge < -0.3 is 15.4 Å². The minimum atomic E-state index is -0.0436. The van der Waals surface area contributed by atoms with E-state index in [1.165, 1.54) is 0 Å². The van der Waals surface area contributed by atoms with Crippen molar-refractivity contribution < 1.29 is 9.53 Å². The summed E-state index contributed by atoms with van der Waals surface area (Å²) in [6.07, 6.45) is 0. The Balaban J connectivity index is 1.61. The third-order valence-electron chi connectivity index (χ3n) is 4.43. The third kappa shape index (κ3) is 6.44. The summed E-state index contributed by atoms with van der Waals surface area (Å²) in [5, 5.41) is 6.28. The lowest BCUT2D eigenvalue weighted by Crippen LogP contribution is -2.23. The molecule has 0 aliphatic carbocycles. The molecule has 4 nitrogen and oxygen atoms in total. The third-order valence-corrected chi connectivity index (χ3v) is 4.92. The zero-order valence-corrected chi connectivity index (χ0v) is 18.0. The molecule has 3 aromatic carbocycles. The Morgan fingerprint density at radius 3 is 2.52 bits per heavy atom. The monoisotopic (exact) mass is 452 g/mol. The van der Waals surface area contributed by atoms with E-state index in [1.807, 2.05) is 61.5 Å². The number of nitrogens with one attached hydrogen (secondary N) is 2. The van der Waals surface area contributed by atoms with Crippen molar-refractivity contribution in [2.45, 2.75) is 26.6 Å². The van der Waals surface area contributed by atoms with Gasteiger partial charge in [-0.25, -0.2) is 0 Å². The van der Waals surface area contributed by atoms with E-state index < -0.39 is 0 Å². The number of halogens is 1. The Morgan fingerprint density at radius 1 is 0.931 bits per heavy atom. The van der Waals surface area contributed by atoms with Crippen LogP contribution in [0.15, 0.2) is 77.3 Å². The molecule has 0 heterocycles. The summed E-state index contributed by atoms with van der Waals surface area (Å²) in [7, 11) is 0. The number of ether oxygens (including phenoxy) is 1. The van der Waals surface area contributed by atoms with E-state index in [1.54, 1.807) is 0 Å². The fraction of sp³-hybridized carbons (Fsp3) is 0.208. The molecule has 5 heteroatoms. The van der Waals surface area contributed by atoms with Gasteiger partial charge in [0.2, 0.25) is 0 Å². The maximum atomic E-state index is 12.0. The molecule has 1 amide bonds. The molecule has 29 heavy (non-hydrogen) atoms. The second kappa shape index (κ2) is 10.8. The lowest BCUT2D eigenvalue weighted by atomic mass is 10.1. The van der Waals surface area contributed by atoms with Gasteiger partial charge in [0.05, 0.1) is 0 Å². The van der Waals surface area contributed by atoms with Crippen molar-refractivity contribution in [2.75, 3.05) is 6.54 Å². The van der Waals surface area contributed by atoms with Gasteiger partial charge in [0, 0.05) is 35.2 Å². The van der Waals surface area contributed by atoms with Gasteiger partial charge in [0.15, 0.2) is 0 Å². The molecule has 0 saturated heterocycles. The van der Waals surface area contributed by atoms with Gasteiger partial charge >= 0.3 is 0 Å². The second-order valence-corrected chi connectivity index (χ2v) is 7.61. The fourth-order valence-electron chi connectivity index (χ4n) is 2.99. The van der Waals surface area contributed by atoms with E-state index in [2.05, 4.69) is 44.8 Å². The van der Waals surface area contributed by atoms with Crippen molar-refractivity contribution in [1.82, 2.24) is 10.6 Å². The van der Waals surface area contributed by atoms with Crippen molar-refractivity contribution >= 4 is 21.8 Å². The van der Waals surface area contributed by atoms with Crippen LogP contribution in [0.4, 0.5) is 0 Å². The molecule has 150 valence electrons. The van der Waals surface area contributed by atoms with Gasteiger partial charge in [-0.1, -0.05) is 58.4 Å². The van der Waals surface area contributed by atoms with Gasteiger partial charge in [-0.3, -0.25) is 4.79 Å². The summed E-state index contributed by atoms with van der Waals surface area (Å²) in [5.41, 5.74) is 3.96. The molecular weight excluding hydrogens is 428 g/mol. The Kier molecular flexibility index (Phi) is 7.85. The van der Waals surface area contributed by atoms with Gasteiger partial charge in [-0.2, -0.15) is 0 Å². The summed E-state index contributed by atoms with van der Waals surface area (Å²) in [6, 6.07) is 23.9. The maximum Gasteiger partial charge on any atom is 0.251 e. The number of hydrogen-bond acceptors (Lipinski definition) is 3. The van der Waals surface area contributed by atoms with Crippen molar-refractivity contribution in [3.63, 3.8) is 0 Å². The zero-order valence-electron chi connectivity index (χ0n) is 16.5. The lowest BCUT2D eigenvalue weighted by molar-refractivity contribution is 0.0955. The molecule has 0 aliphatic heterocycles. The van der Waals surface area contributed by atoms with E-state index in [-0.39, 0.29) is 5.91 Å². The molecule has 0 spiro atoms. The standard InChI is InChI=1S/C24H25BrN2O2/c1-2-27-24(28)20-10-6-9-19(13-20)15-26-16-21-14-22(25)11-12-23(21)29-17-18-7-4-3-5-8-18/h3-14,26H,2,15-17H2,1H3,(H,27,28). The molecule has 0 bridgehead atoms. The summed E-state index contributed by atoms with van der Waals surface area (Å²) in [5.74, 6) is 0.818. The van der Waals surface area contributed by atoms with Crippen LogP contribution in [-0.4, -0.2) is 12.5 Å². The van der Waals surface area contributed by atoms with E-state index in [4.69, 9.17) is 4.74 Å². The highest BCUT2D eigenvalue weighted by atomic mass is 79.9. The average Bonchev–Trinajstić information content (AvgIpc) is 2.74. The predicted molar refractivity (Wildman–Crippen MR) is 120 cm³/mol. The van der Waals surface area contributed by atoms with Crippen LogP contribution in [0.25, 0.3) is 0 Å². The van der Waals surface area contributed by atoms with Gasteiger partial charge in [-0.05, 0) is 48.4 Å². The number of rotatable bonds is 9. The Labute approximate surface area is 180 Å². The number of amides is 1. The first-order valence-electron chi connectivity index (χ1n) is 9.68. The van der Waals surface area contributed by atoms with Crippen LogP contribution in [0.5, 0.6) is 5.75 Å². The Morgan fingerprint density at radius 2 is 1.72 bits per heavy atom. The van der Waals surface area contributed by atoms with Crippen molar-refractivity contribution in [1.29, 1.82) is 0 Å². The molecule has 0 radical (unpaired) electrons. The number of benzene rings is 3. The van der Waals surface area contributed by atoms with Crippen LogP contribution in [0, 0.1) is 0 Å². The molecule has 2 N–H and O–H groups in total. The highest BCUT2D eigenvalue weighted by Gasteiger charge is 2.07. The van der Waals surface area contributed by atoms with Crippen LogP contribution in [0.1, 0.15) is 34.0 Å². The molecule has 0 aliphatic rings. The van der Waals surface area contributed by atoms with Crippen LogP contribution >= 0.6 is 15.9 Å². The summed E-state index contributed by atoms with van der Waals surface area (Å²) >= 11 is 3.54. The normalized spacial score (nSPS) is 10.6. The van der Waals surface area contributed by atoms with Crippen LogP contribution in [-0.2, 0) is 19.7 Å². The minimum absolute atomic E-state index is 0.0436. The largest absolute Gasteiger partial charge is 0.489 e. The first kappa shape index (κ1) is 21.1. The maximum absolute atomic E-state index is 12.0. The number of carbonyl (C=O) groups is 1. The highest BCUT2D eigenvalue weighted by molar-refractivity contribution is 9.10.